The van der Waals surface area contributed by atoms with Crippen molar-refractivity contribution in [2.45, 2.75) is 58.5 Å². The Hall–Kier alpha value is -3.56. The van der Waals surface area contributed by atoms with E-state index in [4.69, 9.17) is 0 Å². The summed E-state index contributed by atoms with van der Waals surface area (Å²) < 4.78 is 1.44. The molecular formula is C23H29N7O3. The Bertz CT molecular complexity index is 1270. The molecule has 2 N–H and O–H groups in total. The molecule has 0 saturated carbocycles. The van der Waals surface area contributed by atoms with Crippen molar-refractivity contribution in [3.8, 4) is 0 Å². The molecule has 10 heteroatoms. The first-order valence-corrected chi connectivity index (χ1v) is 11.4. The summed E-state index contributed by atoms with van der Waals surface area (Å²) in [5.41, 5.74) is 0.0383. The Morgan fingerprint density at radius 3 is 2.73 bits per heavy atom. The van der Waals surface area contributed by atoms with Gasteiger partial charge in [-0.05, 0) is 37.3 Å². The molecule has 1 saturated heterocycles. The zero-order chi connectivity index (χ0) is 23.5. The number of aryl methyl sites for hydroxylation is 1. The zero-order valence-corrected chi connectivity index (χ0v) is 19.2. The molecule has 1 atom stereocenters. The fourth-order valence-corrected chi connectivity index (χ4v) is 4.19. The van der Waals surface area contributed by atoms with E-state index in [1.54, 1.807) is 24.5 Å². The number of piperidine rings is 1. The topological polar surface area (TPSA) is 126 Å². The summed E-state index contributed by atoms with van der Waals surface area (Å²) in [6.07, 6.45) is 5.78. The van der Waals surface area contributed by atoms with Crippen LogP contribution in [-0.2, 0) is 6.54 Å². The minimum atomic E-state index is -0.599. The van der Waals surface area contributed by atoms with E-state index in [-0.39, 0.29) is 34.5 Å². The van der Waals surface area contributed by atoms with E-state index in [0.717, 1.165) is 19.4 Å². The second-order valence-electron chi connectivity index (χ2n) is 8.67. The van der Waals surface area contributed by atoms with E-state index in [0.29, 0.717) is 31.2 Å². The number of aromatic nitrogens is 5. The number of pyridine rings is 1. The lowest BCUT2D eigenvalue weighted by molar-refractivity contribution is 0.0934. The van der Waals surface area contributed by atoms with Crippen molar-refractivity contribution in [1.29, 1.82) is 0 Å². The Labute approximate surface area is 191 Å². The maximum absolute atomic E-state index is 13.4. The number of fused-ring (bicyclic) bond motifs is 1. The van der Waals surface area contributed by atoms with Crippen LogP contribution in [0.2, 0.25) is 0 Å². The second kappa shape index (κ2) is 9.51. The van der Waals surface area contributed by atoms with Crippen LogP contribution in [0.25, 0.3) is 11.0 Å². The molecule has 0 spiro atoms. The van der Waals surface area contributed by atoms with Gasteiger partial charge in [0, 0.05) is 43.8 Å². The van der Waals surface area contributed by atoms with E-state index in [1.165, 1.54) is 4.57 Å². The van der Waals surface area contributed by atoms with Crippen LogP contribution in [0.15, 0.2) is 34.1 Å². The number of nitrogens with one attached hydrogen (secondary N) is 2. The van der Waals surface area contributed by atoms with E-state index in [9.17, 15) is 14.4 Å². The summed E-state index contributed by atoms with van der Waals surface area (Å²) in [7, 11) is 0. The fraction of sp³-hybridized carbons (Fsp3) is 0.478. The van der Waals surface area contributed by atoms with E-state index in [1.807, 2.05) is 25.7 Å². The number of hydrogen-bond acceptors (Lipinski definition) is 7. The predicted molar refractivity (Wildman–Crippen MR) is 126 cm³/mol. The van der Waals surface area contributed by atoms with Gasteiger partial charge >= 0.3 is 5.69 Å². The minimum Gasteiger partial charge on any atom is -0.347 e. The molecular weight excluding hydrogens is 422 g/mol. The summed E-state index contributed by atoms with van der Waals surface area (Å²) in [6.45, 7) is 7.65. The van der Waals surface area contributed by atoms with Gasteiger partial charge in [0.25, 0.3) is 11.5 Å². The predicted octanol–water partition coefficient (Wildman–Crippen LogP) is 1.81. The first-order chi connectivity index (χ1) is 15.9. The van der Waals surface area contributed by atoms with Crippen LogP contribution in [0.1, 0.15) is 62.0 Å². The normalized spacial score (nSPS) is 16.4. The van der Waals surface area contributed by atoms with Crippen molar-refractivity contribution in [1.82, 2.24) is 29.8 Å². The van der Waals surface area contributed by atoms with Crippen LogP contribution < -0.4 is 21.5 Å². The number of rotatable bonds is 6. The highest BCUT2D eigenvalue weighted by Crippen LogP contribution is 2.21. The number of H-pyrrole nitrogens is 1. The molecule has 1 aliphatic heterocycles. The van der Waals surface area contributed by atoms with Gasteiger partial charge in [-0.2, -0.15) is 0 Å². The van der Waals surface area contributed by atoms with Gasteiger partial charge in [0.05, 0.1) is 10.9 Å². The van der Waals surface area contributed by atoms with Crippen molar-refractivity contribution in [2.24, 2.45) is 0 Å². The number of amides is 1. The lowest BCUT2D eigenvalue weighted by Crippen LogP contribution is -2.48. The zero-order valence-electron chi connectivity index (χ0n) is 19.2. The molecule has 0 aromatic carbocycles. The van der Waals surface area contributed by atoms with E-state index < -0.39 is 11.2 Å². The Kier molecular flexibility index (Phi) is 6.52. The lowest BCUT2D eigenvalue weighted by atomic mass is 10.0. The second-order valence-corrected chi connectivity index (χ2v) is 8.67. The van der Waals surface area contributed by atoms with Gasteiger partial charge in [0.2, 0.25) is 5.95 Å². The summed E-state index contributed by atoms with van der Waals surface area (Å²) >= 11 is 0. The Morgan fingerprint density at radius 2 is 2.03 bits per heavy atom. The average molecular weight is 452 g/mol. The molecule has 1 unspecified atom stereocenters. The summed E-state index contributed by atoms with van der Waals surface area (Å²) in [6, 6.07) is 3.31. The molecule has 3 aromatic rings. The maximum atomic E-state index is 13.4. The molecule has 0 bridgehead atoms. The van der Waals surface area contributed by atoms with Gasteiger partial charge < -0.3 is 10.2 Å². The van der Waals surface area contributed by atoms with Gasteiger partial charge in [0.1, 0.15) is 0 Å². The molecule has 4 heterocycles. The highest BCUT2D eigenvalue weighted by molar-refractivity contribution is 6.05. The van der Waals surface area contributed by atoms with Gasteiger partial charge in [-0.25, -0.2) is 19.7 Å². The minimum absolute atomic E-state index is 0.0193. The van der Waals surface area contributed by atoms with Gasteiger partial charge in [-0.1, -0.05) is 20.8 Å². The number of aromatic amines is 1. The van der Waals surface area contributed by atoms with Crippen molar-refractivity contribution in [3.05, 3.63) is 56.6 Å². The molecule has 1 fully saturated rings. The molecule has 174 valence electrons. The lowest BCUT2D eigenvalue weighted by Gasteiger charge is -2.33. The van der Waals surface area contributed by atoms with Crippen LogP contribution >= 0.6 is 0 Å². The first kappa shape index (κ1) is 22.6. The SMILES string of the molecule is CCCn1c(=O)[nH]c(=O)c2c(C(=O)NC3CCCN(c4ncccn4)C3)cc(C(C)C)nc21. The Morgan fingerprint density at radius 1 is 1.27 bits per heavy atom. The molecule has 1 amide bonds. The van der Waals surface area contributed by atoms with Crippen molar-refractivity contribution in [3.63, 3.8) is 0 Å². The largest absolute Gasteiger partial charge is 0.347 e. The number of carbonyl (C=O) groups excluding carboxylic acids is 1. The number of nitrogens with zero attached hydrogens (tertiary/aromatic N) is 5. The third-order valence-corrected chi connectivity index (χ3v) is 5.84. The highest BCUT2D eigenvalue weighted by Gasteiger charge is 2.26. The fourth-order valence-electron chi connectivity index (χ4n) is 4.19. The van der Waals surface area contributed by atoms with Gasteiger partial charge in [-0.15, -0.1) is 0 Å². The van der Waals surface area contributed by atoms with Crippen molar-refractivity contribution in [2.75, 3.05) is 18.0 Å². The number of carbonyl (C=O) groups is 1. The molecule has 3 aromatic heterocycles. The standard InChI is InChI=1S/C23H29N7O3/c1-4-10-30-19-18(21(32)28-23(30)33)16(12-17(27-19)14(2)3)20(31)26-15-7-5-11-29(13-15)22-24-8-6-9-25-22/h6,8-9,12,14-15H,4-5,7,10-11,13H2,1-3H3,(H,26,31)(H,28,32,33). The summed E-state index contributed by atoms with van der Waals surface area (Å²) in [5, 5.41) is 3.22. The highest BCUT2D eigenvalue weighted by atomic mass is 16.2. The number of anilines is 1. The van der Waals surface area contributed by atoms with Crippen LogP contribution in [0.4, 0.5) is 5.95 Å². The first-order valence-electron chi connectivity index (χ1n) is 11.4. The van der Waals surface area contributed by atoms with E-state index >= 15 is 0 Å². The quantitative estimate of drug-likeness (QED) is 0.585. The molecule has 10 nitrogen and oxygen atoms in total. The Balaban J connectivity index is 1.71. The van der Waals surface area contributed by atoms with Crippen molar-refractivity contribution >= 4 is 22.9 Å². The van der Waals surface area contributed by atoms with Gasteiger partial charge in [0.15, 0.2) is 5.65 Å². The molecule has 0 aliphatic carbocycles. The van der Waals surface area contributed by atoms with Crippen LogP contribution in [0.5, 0.6) is 0 Å². The van der Waals surface area contributed by atoms with Gasteiger partial charge in [-0.3, -0.25) is 19.1 Å². The molecule has 4 rings (SSSR count). The van der Waals surface area contributed by atoms with E-state index in [2.05, 4.69) is 25.3 Å². The van der Waals surface area contributed by atoms with Crippen molar-refractivity contribution < 1.29 is 4.79 Å². The van der Waals surface area contributed by atoms with Crippen LogP contribution in [0, 0.1) is 0 Å². The molecule has 33 heavy (non-hydrogen) atoms. The third kappa shape index (κ3) is 4.64. The molecule has 0 radical (unpaired) electrons. The summed E-state index contributed by atoms with van der Waals surface area (Å²) in [4.78, 5) is 56.3. The smallest absolute Gasteiger partial charge is 0.329 e. The summed E-state index contributed by atoms with van der Waals surface area (Å²) in [5.74, 6) is 0.302. The monoisotopic (exact) mass is 451 g/mol. The van der Waals surface area contributed by atoms with Crippen LogP contribution in [-0.4, -0.2) is 49.5 Å². The third-order valence-electron chi connectivity index (χ3n) is 5.84. The molecule has 1 aliphatic rings. The average Bonchev–Trinajstić information content (AvgIpc) is 2.81. The number of hydrogen-bond donors (Lipinski definition) is 2. The maximum Gasteiger partial charge on any atom is 0.329 e. The van der Waals surface area contributed by atoms with Crippen LogP contribution in [0.3, 0.4) is 0 Å².